The van der Waals surface area contributed by atoms with Crippen molar-refractivity contribution in [3.8, 4) is 6.07 Å². The van der Waals surface area contributed by atoms with Gasteiger partial charge in [0.15, 0.2) is 0 Å². The summed E-state index contributed by atoms with van der Waals surface area (Å²) in [5, 5.41) is 8.75. The molecule has 0 aliphatic rings. The first-order valence-corrected chi connectivity index (χ1v) is 6.41. The molecule has 0 atom stereocenters. The molecule has 14 heavy (non-hydrogen) atoms. The molecule has 0 fully saturated rings. The third-order valence-corrected chi connectivity index (χ3v) is 3.86. The van der Waals surface area contributed by atoms with E-state index in [0.29, 0.717) is 12.1 Å². The Balaban J connectivity index is 2.95. The van der Waals surface area contributed by atoms with Crippen LogP contribution in [0.25, 0.3) is 0 Å². The molecule has 0 aromatic carbocycles. The molecule has 0 aliphatic carbocycles. The summed E-state index contributed by atoms with van der Waals surface area (Å²) in [5.74, 6) is 0. The van der Waals surface area contributed by atoms with Crippen molar-refractivity contribution < 1.29 is 0 Å². The molecule has 1 aromatic rings. The van der Waals surface area contributed by atoms with Crippen molar-refractivity contribution >= 4 is 19.2 Å². The molecule has 1 aromatic heterocycles. The molecule has 0 spiro atoms. The summed E-state index contributed by atoms with van der Waals surface area (Å²) in [5.41, 5.74) is 0. The summed E-state index contributed by atoms with van der Waals surface area (Å²) in [6, 6.07) is 3.07. The Morgan fingerprint density at radius 1 is 1.36 bits per heavy atom. The van der Waals surface area contributed by atoms with E-state index in [9.17, 15) is 0 Å². The van der Waals surface area contributed by atoms with E-state index in [-0.39, 0.29) is 14.5 Å². The zero-order chi connectivity index (χ0) is 10.7. The van der Waals surface area contributed by atoms with Gasteiger partial charge in [-0.1, -0.05) is 0 Å². The van der Waals surface area contributed by atoms with Gasteiger partial charge in [-0.3, -0.25) is 0 Å². The van der Waals surface area contributed by atoms with Crippen molar-refractivity contribution in [1.82, 2.24) is 4.98 Å². The molecule has 0 radical (unpaired) electrons. The van der Waals surface area contributed by atoms with E-state index >= 15 is 0 Å². The summed E-state index contributed by atoms with van der Waals surface area (Å²) in [6.45, 7) is 8.62. The fourth-order valence-corrected chi connectivity index (χ4v) is 3.53. The molecule has 1 rings (SSSR count). The van der Waals surface area contributed by atoms with Crippen LogP contribution in [-0.4, -0.2) is 31.6 Å². The molecule has 0 N–H and O–H groups in total. The van der Waals surface area contributed by atoms with Gasteiger partial charge in [0.1, 0.15) is 0 Å². The van der Waals surface area contributed by atoms with Gasteiger partial charge in [-0.15, -0.1) is 0 Å². The number of hydrogen-bond donors (Lipinski definition) is 0. The Morgan fingerprint density at radius 3 is 2.29 bits per heavy atom. The van der Waals surface area contributed by atoms with Crippen molar-refractivity contribution in [2.45, 2.75) is 39.8 Å². The van der Waals surface area contributed by atoms with E-state index in [2.05, 4.69) is 43.6 Å². The first kappa shape index (κ1) is 11.3. The maximum atomic E-state index is 8.75. The quantitative estimate of drug-likeness (QED) is 0.772. The Labute approximate surface area is 91.1 Å². The van der Waals surface area contributed by atoms with Crippen LogP contribution in [0.3, 0.4) is 0 Å². The van der Waals surface area contributed by atoms with Gasteiger partial charge in [-0.05, 0) is 0 Å². The molecule has 4 heteroatoms. The number of anilines is 1. The summed E-state index contributed by atoms with van der Waals surface area (Å²) >= 11 is 0.114. The Morgan fingerprint density at radius 2 is 1.93 bits per heavy atom. The van der Waals surface area contributed by atoms with E-state index in [4.69, 9.17) is 5.26 Å². The molecule has 0 unspecified atom stereocenters. The number of hydrogen-bond acceptors (Lipinski definition) is 3. The van der Waals surface area contributed by atoms with Gasteiger partial charge in [0, 0.05) is 0 Å². The van der Waals surface area contributed by atoms with Crippen LogP contribution in [0.4, 0.5) is 4.69 Å². The average molecular weight is 256 g/mol. The molecule has 0 aliphatic heterocycles. The molecule has 0 amide bonds. The van der Waals surface area contributed by atoms with E-state index in [1.54, 1.807) is 6.20 Å². The number of nitriles is 1. The van der Waals surface area contributed by atoms with Crippen LogP contribution in [0.1, 0.15) is 32.1 Å². The van der Waals surface area contributed by atoms with Crippen LogP contribution in [0.5, 0.6) is 0 Å². The summed E-state index contributed by atoms with van der Waals surface area (Å²) in [7, 11) is 0. The van der Waals surface area contributed by atoms with Crippen molar-refractivity contribution in [2.24, 2.45) is 0 Å². The minimum atomic E-state index is 0.114. The Bertz CT molecular complexity index is 327. The fraction of sp³-hybridized carbons (Fsp3) is 0.600. The van der Waals surface area contributed by atoms with E-state index in [0.717, 1.165) is 9.13 Å². The van der Waals surface area contributed by atoms with E-state index in [1.165, 1.54) is 0 Å². The van der Waals surface area contributed by atoms with Gasteiger partial charge in [0.2, 0.25) is 0 Å². The summed E-state index contributed by atoms with van der Waals surface area (Å²) in [6.07, 6.45) is 1.70. The third-order valence-electron chi connectivity index (χ3n) is 1.94. The van der Waals surface area contributed by atoms with Crippen molar-refractivity contribution in [1.29, 1.82) is 5.26 Å². The zero-order valence-electron chi connectivity index (χ0n) is 8.98. The minimum absolute atomic E-state index is 0.114. The fourth-order valence-electron chi connectivity index (χ4n) is 1.47. The van der Waals surface area contributed by atoms with Gasteiger partial charge in [-0.25, -0.2) is 0 Å². The van der Waals surface area contributed by atoms with Gasteiger partial charge in [-0.2, -0.15) is 0 Å². The molecule has 0 saturated carbocycles. The first-order valence-electron chi connectivity index (χ1n) is 4.70. The summed E-state index contributed by atoms with van der Waals surface area (Å²) < 4.78 is 1.90. The standard InChI is InChI=1S/C10H15N3Se/c1-7(2)13(8(3)4)10-12-6-9(5-11)14-10/h6-8H,1-4H3. The summed E-state index contributed by atoms with van der Waals surface area (Å²) in [4.78, 5) is 6.60. The number of nitrogens with zero attached hydrogens (tertiary/aromatic N) is 3. The van der Waals surface area contributed by atoms with Crippen LogP contribution in [0, 0.1) is 11.3 Å². The van der Waals surface area contributed by atoms with Gasteiger partial charge in [0.05, 0.1) is 0 Å². The molecule has 76 valence electrons. The first-order chi connectivity index (χ1) is 6.56. The second kappa shape index (κ2) is 4.63. The van der Waals surface area contributed by atoms with E-state index < -0.39 is 0 Å². The van der Waals surface area contributed by atoms with Crippen molar-refractivity contribution in [3.63, 3.8) is 0 Å². The number of rotatable bonds is 3. The van der Waals surface area contributed by atoms with Crippen molar-refractivity contribution in [3.05, 3.63) is 10.6 Å². The maximum absolute atomic E-state index is 8.75. The van der Waals surface area contributed by atoms with E-state index in [1.807, 2.05) is 0 Å². The monoisotopic (exact) mass is 257 g/mol. The third kappa shape index (κ3) is 2.37. The predicted molar refractivity (Wildman–Crippen MR) is 58.6 cm³/mol. The van der Waals surface area contributed by atoms with Gasteiger partial charge in [0.25, 0.3) is 0 Å². The molecule has 0 bridgehead atoms. The SMILES string of the molecule is CC(C)N(c1ncc(C#N)[se]1)C(C)C. The van der Waals surface area contributed by atoms with Crippen LogP contribution >= 0.6 is 0 Å². The molecule has 0 saturated heterocycles. The Kier molecular flexibility index (Phi) is 3.74. The Hall–Kier alpha value is -0.781. The van der Waals surface area contributed by atoms with Crippen LogP contribution < -0.4 is 4.90 Å². The zero-order valence-corrected chi connectivity index (χ0v) is 10.7. The second-order valence-electron chi connectivity index (χ2n) is 3.71. The van der Waals surface area contributed by atoms with Crippen LogP contribution in [-0.2, 0) is 0 Å². The number of aromatic nitrogens is 1. The normalized spacial score (nSPS) is 10.6. The molecular formula is C10H15N3Se. The second-order valence-corrected chi connectivity index (χ2v) is 5.83. The average Bonchev–Trinajstić information content (AvgIpc) is 2.51. The molecular weight excluding hydrogens is 241 g/mol. The van der Waals surface area contributed by atoms with Crippen LogP contribution in [0.15, 0.2) is 6.20 Å². The van der Waals surface area contributed by atoms with Crippen LogP contribution in [0.2, 0.25) is 0 Å². The van der Waals surface area contributed by atoms with Crippen molar-refractivity contribution in [2.75, 3.05) is 4.90 Å². The molecule has 3 nitrogen and oxygen atoms in total. The topological polar surface area (TPSA) is 39.9 Å². The molecule has 1 heterocycles. The van der Waals surface area contributed by atoms with Gasteiger partial charge >= 0.3 is 90.8 Å². The van der Waals surface area contributed by atoms with Gasteiger partial charge < -0.3 is 0 Å². The predicted octanol–water partition coefficient (Wildman–Crippen LogP) is 1.63.